The first-order valence-corrected chi connectivity index (χ1v) is 16.2. The Morgan fingerprint density at radius 2 is 1.59 bits per heavy atom. The second-order valence-electron chi connectivity index (χ2n) is 11.1. The molecular weight excluding hydrogens is 591 g/mol. The van der Waals surface area contributed by atoms with Crippen molar-refractivity contribution in [2.75, 3.05) is 10.8 Å². The van der Waals surface area contributed by atoms with E-state index in [2.05, 4.69) is 5.32 Å². The van der Waals surface area contributed by atoms with Crippen LogP contribution in [0.25, 0.3) is 0 Å². The first-order chi connectivity index (χ1) is 20.9. The number of aryl methyl sites for hydroxylation is 1. The largest absolute Gasteiger partial charge is 0.416 e. The van der Waals surface area contributed by atoms with Gasteiger partial charge in [0.1, 0.15) is 12.6 Å². The molecule has 1 aliphatic rings. The van der Waals surface area contributed by atoms with E-state index in [9.17, 15) is 31.2 Å². The molecule has 3 aromatic carbocycles. The number of amides is 2. The molecule has 4 rings (SSSR count). The standard InChI is InChI=1S/C33H38F3N3O4S/c1-3-30(32(41)37-27-14-8-5-9-15-27)38(22-25-11-6-4-7-12-25)31(40)23-39(28-16-10-13-26(21-28)33(34,35)36)44(42,43)29-19-17-24(2)18-20-29/h4,6-7,10-13,16-21,27,30H,3,5,8-9,14-15,22-23H2,1-2H3,(H,37,41)/t30-/m1/s1. The van der Waals surface area contributed by atoms with Crippen LogP contribution < -0.4 is 9.62 Å². The zero-order valence-corrected chi connectivity index (χ0v) is 25.7. The van der Waals surface area contributed by atoms with Gasteiger partial charge in [-0.3, -0.25) is 13.9 Å². The van der Waals surface area contributed by atoms with E-state index in [-0.39, 0.29) is 35.5 Å². The summed E-state index contributed by atoms with van der Waals surface area (Å²) in [6.45, 7) is 2.74. The molecule has 0 spiro atoms. The summed E-state index contributed by atoms with van der Waals surface area (Å²) < 4.78 is 69.6. The normalized spacial score (nSPS) is 14.9. The predicted octanol–water partition coefficient (Wildman–Crippen LogP) is 6.47. The Morgan fingerprint density at radius 1 is 0.932 bits per heavy atom. The van der Waals surface area contributed by atoms with Gasteiger partial charge in [-0.05, 0) is 62.1 Å². The molecule has 1 N–H and O–H groups in total. The van der Waals surface area contributed by atoms with Crippen LogP contribution in [0.4, 0.5) is 18.9 Å². The third-order valence-corrected chi connectivity index (χ3v) is 9.67. The smallest absolute Gasteiger partial charge is 0.352 e. The topological polar surface area (TPSA) is 86.8 Å². The van der Waals surface area contributed by atoms with Gasteiger partial charge in [-0.1, -0.05) is 80.3 Å². The fraction of sp³-hybridized carbons (Fsp3) is 0.394. The summed E-state index contributed by atoms with van der Waals surface area (Å²) in [7, 11) is -4.49. The highest BCUT2D eigenvalue weighted by Crippen LogP contribution is 2.33. The Bertz CT molecular complexity index is 1520. The first-order valence-electron chi connectivity index (χ1n) is 14.8. The van der Waals surface area contributed by atoms with Crippen LogP contribution in [0, 0.1) is 6.92 Å². The van der Waals surface area contributed by atoms with Gasteiger partial charge in [0.05, 0.1) is 16.1 Å². The van der Waals surface area contributed by atoms with Crippen molar-refractivity contribution in [1.29, 1.82) is 0 Å². The van der Waals surface area contributed by atoms with Gasteiger partial charge >= 0.3 is 6.18 Å². The van der Waals surface area contributed by atoms with E-state index in [1.165, 1.54) is 23.1 Å². The zero-order chi connectivity index (χ0) is 31.9. The van der Waals surface area contributed by atoms with E-state index in [4.69, 9.17) is 0 Å². The van der Waals surface area contributed by atoms with Gasteiger partial charge in [0.2, 0.25) is 11.8 Å². The Kier molecular flexibility index (Phi) is 10.7. The van der Waals surface area contributed by atoms with Gasteiger partial charge in [-0.2, -0.15) is 13.2 Å². The average Bonchev–Trinajstić information content (AvgIpc) is 3.00. The number of nitrogens with zero attached hydrogens (tertiary/aromatic N) is 2. The van der Waals surface area contributed by atoms with Crippen LogP contribution in [0.5, 0.6) is 0 Å². The number of halogens is 3. The van der Waals surface area contributed by atoms with Crippen molar-refractivity contribution in [3.05, 3.63) is 95.6 Å². The summed E-state index contributed by atoms with van der Waals surface area (Å²) >= 11 is 0. The maximum atomic E-state index is 14.2. The maximum absolute atomic E-state index is 14.2. The lowest BCUT2D eigenvalue weighted by molar-refractivity contribution is -0.140. The molecule has 3 aromatic rings. The first kappa shape index (κ1) is 33.0. The second-order valence-corrected chi connectivity index (χ2v) is 13.0. The quantitative estimate of drug-likeness (QED) is 0.264. The molecule has 0 saturated heterocycles. The molecule has 1 saturated carbocycles. The molecule has 1 atom stereocenters. The van der Waals surface area contributed by atoms with Crippen molar-refractivity contribution in [1.82, 2.24) is 10.2 Å². The minimum atomic E-state index is -4.73. The monoisotopic (exact) mass is 629 g/mol. The maximum Gasteiger partial charge on any atom is 0.416 e. The number of carbonyl (C=O) groups excluding carboxylic acids is 2. The van der Waals surface area contributed by atoms with E-state index in [0.717, 1.165) is 55.4 Å². The Labute approximate surface area is 257 Å². The van der Waals surface area contributed by atoms with Crippen molar-refractivity contribution in [3.8, 4) is 0 Å². The highest BCUT2D eigenvalue weighted by molar-refractivity contribution is 7.92. The van der Waals surface area contributed by atoms with E-state index >= 15 is 0 Å². The fourth-order valence-electron chi connectivity index (χ4n) is 5.45. The summed E-state index contributed by atoms with van der Waals surface area (Å²) in [6, 6.07) is 17.8. The van der Waals surface area contributed by atoms with E-state index < -0.39 is 40.3 Å². The van der Waals surface area contributed by atoms with Gasteiger partial charge in [0, 0.05) is 12.6 Å². The second kappa shape index (κ2) is 14.3. The van der Waals surface area contributed by atoms with Crippen LogP contribution in [-0.4, -0.2) is 43.8 Å². The molecule has 0 bridgehead atoms. The summed E-state index contributed by atoms with van der Waals surface area (Å²) in [5, 5.41) is 3.07. The van der Waals surface area contributed by atoms with Gasteiger partial charge in [-0.25, -0.2) is 8.42 Å². The lowest BCUT2D eigenvalue weighted by Gasteiger charge is -2.34. The third-order valence-electron chi connectivity index (χ3n) is 7.88. The molecule has 44 heavy (non-hydrogen) atoms. The van der Waals surface area contributed by atoms with Crippen molar-refractivity contribution in [3.63, 3.8) is 0 Å². The highest BCUT2D eigenvalue weighted by atomic mass is 32.2. The van der Waals surface area contributed by atoms with Gasteiger partial charge in [-0.15, -0.1) is 0 Å². The molecule has 7 nitrogen and oxygen atoms in total. The van der Waals surface area contributed by atoms with E-state index in [1.807, 2.05) is 6.07 Å². The minimum Gasteiger partial charge on any atom is -0.352 e. The van der Waals surface area contributed by atoms with Crippen molar-refractivity contribution < 1.29 is 31.2 Å². The number of benzene rings is 3. The van der Waals surface area contributed by atoms with Crippen molar-refractivity contribution in [2.45, 2.75) is 82.1 Å². The van der Waals surface area contributed by atoms with Crippen LogP contribution in [0.2, 0.25) is 0 Å². The Morgan fingerprint density at radius 3 is 2.20 bits per heavy atom. The lowest BCUT2D eigenvalue weighted by atomic mass is 9.95. The molecule has 1 fully saturated rings. The van der Waals surface area contributed by atoms with Crippen LogP contribution in [0.1, 0.15) is 62.1 Å². The molecule has 0 aliphatic heterocycles. The van der Waals surface area contributed by atoms with Crippen molar-refractivity contribution >= 4 is 27.5 Å². The summed E-state index contributed by atoms with van der Waals surface area (Å²) in [5.74, 6) is -1.05. The molecule has 1 aliphatic carbocycles. The van der Waals surface area contributed by atoms with Crippen molar-refractivity contribution in [2.24, 2.45) is 0 Å². The van der Waals surface area contributed by atoms with Crippen LogP contribution in [0.3, 0.4) is 0 Å². The third kappa shape index (κ3) is 8.19. The highest BCUT2D eigenvalue weighted by Gasteiger charge is 2.36. The number of alkyl halides is 3. The molecule has 0 aromatic heterocycles. The van der Waals surface area contributed by atoms with E-state index in [1.54, 1.807) is 50.2 Å². The minimum absolute atomic E-state index is 0.0112. The number of hydrogen-bond acceptors (Lipinski definition) is 4. The fourth-order valence-corrected chi connectivity index (χ4v) is 6.85. The summed E-state index contributed by atoms with van der Waals surface area (Å²) in [5.41, 5.74) is 0.144. The number of anilines is 1. The number of sulfonamides is 1. The Balaban J connectivity index is 1.74. The molecular formula is C33H38F3N3O4S. The molecule has 236 valence electrons. The number of nitrogens with one attached hydrogen (secondary N) is 1. The van der Waals surface area contributed by atoms with Gasteiger partial charge in [0.15, 0.2) is 0 Å². The van der Waals surface area contributed by atoms with Crippen LogP contribution in [-0.2, 0) is 32.3 Å². The predicted molar refractivity (Wildman–Crippen MR) is 163 cm³/mol. The number of carbonyl (C=O) groups is 2. The molecule has 0 radical (unpaired) electrons. The lowest BCUT2D eigenvalue weighted by Crippen LogP contribution is -2.54. The van der Waals surface area contributed by atoms with E-state index in [0.29, 0.717) is 10.4 Å². The molecule has 0 heterocycles. The molecule has 0 unspecified atom stereocenters. The number of rotatable bonds is 11. The zero-order valence-electron chi connectivity index (χ0n) is 24.9. The Hall–Kier alpha value is -3.86. The molecule has 2 amide bonds. The van der Waals surface area contributed by atoms with Gasteiger partial charge in [0.25, 0.3) is 10.0 Å². The van der Waals surface area contributed by atoms with Crippen LogP contribution in [0.15, 0.2) is 83.8 Å². The molecule has 11 heteroatoms. The van der Waals surface area contributed by atoms with Crippen LogP contribution >= 0.6 is 0 Å². The average molecular weight is 630 g/mol. The summed E-state index contributed by atoms with van der Waals surface area (Å²) in [4.78, 5) is 28.9. The SMILES string of the molecule is CC[C@H](C(=O)NC1CCCCC1)N(Cc1ccccc1)C(=O)CN(c1cccc(C(F)(F)F)c1)S(=O)(=O)c1ccc(C)cc1. The van der Waals surface area contributed by atoms with Gasteiger partial charge < -0.3 is 10.2 Å². The number of hydrogen-bond donors (Lipinski definition) is 1. The summed E-state index contributed by atoms with van der Waals surface area (Å²) in [6.07, 6.45) is 0.297.